The van der Waals surface area contributed by atoms with Gasteiger partial charge >= 0.3 is 0 Å². The largest absolute Gasteiger partial charge is 0.273 e. The number of carbonyl (C=O) groups is 2. The van der Waals surface area contributed by atoms with Gasteiger partial charge in [0.25, 0.3) is 5.91 Å². The summed E-state index contributed by atoms with van der Waals surface area (Å²) < 4.78 is 22.8. The molecule has 0 aliphatic rings. The Morgan fingerprint density at radius 2 is 1.62 bits per heavy atom. The van der Waals surface area contributed by atoms with Crippen molar-refractivity contribution >= 4 is 45.0 Å². The first-order chi connectivity index (χ1) is 12.3. The minimum absolute atomic E-state index is 0.123. The van der Waals surface area contributed by atoms with Gasteiger partial charge < -0.3 is 0 Å². The van der Waals surface area contributed by atoms with Crippen LogP contribution in [0.15, 0.2) is 58.3 Å². The number of hydrogen-bond donors (Lipinski definition) is 2. The molecule has 0 heterocycles. The predicted octanol–water partition coefficient (Wildman–Crippen LogP) is 2.69. The molecule has 0 aliphatic heterocycles. The van der Waals surface area contributed by atoms with Crippen molar-refractivity contribution in [2.75, 3.05) is 12.0 Å². The zero-order chi connectivity index (χ0) is 19.2. The van der Waals surface area contributed by atoms with Crippen LogP contribution in [0.2, 0.25) is 5.02 Å². The predicted molar refractivity (Wildman–Crippen MR) is 102 cm³/mol. The van der Waals surface area contributed by atoms with Crippen molar-refractivity contribution in [1.82, 2.24) is 10.9 Å². The molecule has 0 bridgehead atoms. The molecule has 2 rings (SSSR count). The van der Waals surface area contributed by atoms with E-state index in [0.29, 0.717) is 10.8 Å². The van der Waals surface area contributed by atoms with Gasteiger partial charge in [0.05, 0.1) is 4.90 Å². The Balaban J connectivity index is 1.76. The molecule has 0 unspecified atom stereocenters. The summed E-state index contributed by atoms with van der Waals surface area (Å²) >= 11 is 7.31. The standard InChI is InChI=1S/C17H17ClN2O4S2/c1-26(23,24)15-8-2-12(3-9-15)17(22)20-19-16(21)10-11-25-14-6-4-13(18)5-7-14/h2-9H,10-11H2,1H3,(H,19,21)(H,20,22). The lowest BCUT2D eigenvalue weighted by Crippen LogP contribution is -2.41. The lowest BCUT2D eigenvalue weighted by atomic mass is 10.2. The Morgan fingerprint density at radius 3 is 2.19 bits per heavy atom. The van der Waals surface area contributed by atoms with Gasteiger partial charge in [-0.05, 0) is 48.5 Å². The van der Waals surface area contributed by atoms with Gasteiger partial charge in [-0.2, -0.15) is 0 Å². The topological polar surface area (TPSA) is 92.3 Å². The molecule has 2 amide bonds. The van der Waals surface area contributed by atoms with E-state index < -0.39 is 15.7 Å². The van der Waals surface area contributed by atoms with Crippen molar-refractivity contribution in [3.63, 3.8) is 0 Å². The summed E-state index contributed by atoms with van der Waals surface area (Å²) in [4.78, 5) is 24.8. The van der Waals surface area contributed by atoms with Gasteiger partial charge in [-0.15, -0.1) is 11.8 Å². The highest BCUT2D eigenvalue weighted by molar-refractivity contribution is 7.99. The first kappa shape index (κ1) is 20.3. The summed E-state index contributed by atoms with van der Waals surface area (Å²) in [5, 5.41) is 0.652. The highest BCUT2D eigenvalue weighted by Crippen LogP contribution is 2.20. The van der Waals surface area contributed by atoms with Gasteiger partial charge in [0, 0.05) is 33.9 Å². The zero-order valence-corrected chi connectivity index (χ0v) is 16.2. The summed E-state index contributed by atoms with van der Waals surface area (Å²) in [5.74, 6) is -0.303. The molecule has 0 saturated carbocycles. The van der Waals surface area contributed by atoms with Gasteiger partial charge in [-0.3, -0.25) is 20.4 Å². The second-order valence-electron chi connectivity index (χ2n) is 5.35. The Labute approximate surface area is 161 Å². The Kier molecular flexibility index (Phi) is 7.07. The number of nitrogens with one attached hydrogen (secondary N) is 2. The fourth-order valence-electron chi connectivity index (χ4n) is 1.91. The van der Waals surface area contributed by atoms with Crippen LogP contribution in [0.25, 0.3) is 0 Å². The lowest BCUT2D eigenvalue weighted by molar-refractivity contribution is -0.121. The number of carbonyl (C=O) groups excluding carboxylic acids is 2. The van der Waals surface area contributed by atoms with E-state index in [9.17, 15) is 18.0 Å². The van der Waals surface area contributed by atoms with Crippen molar-refractivity contribution in [2.24, 2.45) is 0 Å². The minimum atomic E-state index is -3.32. The molecule has 0 spiro atoms. The molecule has 0 radical (unpaired) electrons. The van der Waals surface area contributed by atoms with E-state index in [2.05, 4.69) is 10.9 Å². The maximum absolute atomic E-state index is 11.9. The van der Waals surface area contributed by atoms with E-state index in [1.165, 1.54) is 36.0 Å². The molecule has 0 aromatic heterocycles. The van der Waals surface area contributed by atoms with Crippen LogP contribution in [0.3, 0.4) is 0 Å². The number of hydrogen-bond acceptors (Lipinski definition) is 5. The zero-order valence-electron chi connectivity index (χ0n) is 13.9. The molecule has 6 nitrogen and oxygen atoms in total. The third-order valence-corrected chi connectivity index (χ3v) is 5.67. The first-order valence-corrected chi connectivity index (χ1v) is 10.8. The summed E-state index contributed by atoms with van der Waals surface area (Å²) in [6.45, 7) is 0. The lowest BCUT2D eigenvalue weighted by Gasteiger charge is -2.08. The normalized spacial score (nSPS) is 11.0. The van der Waals surface area contributed by atoms with E-state index in [4.69, 9.17) is 11.6 Å². The molecular formula is C17H17ClN2O4S2. The van der Waals surface area contributed by atoms with Crippen LogP contribution in [0.4, 0.5) is 0 Å². The summed E-state index contributed by atoms with van der Waals surface area (Å²) in [6, 6.07) is 12.7. The van der Waals surface area contributed by atoms with Crippen molar-refractivity contribution < 1.29 is 18.0 Å². The van der Waals surface area contributed by atoms with E-state index in [1.807, 2.05) is 12.1 Å². The first-order valence-electron chi connectivity index (χ1n) is 7.53. The van der Waals surface area contributed by atoms with E-state index in [0.717, 1.165) is 11.2 Å². The SMILES string of the molecule is CS(=O)(=O)c1ccc(C(=O)NNC(=O)CCSc2ccc(Cl)cc2)cc1. The van der Waals surface area contributed by atoms with Crippen LogP contribution >= 0.6 is 23.4 Å². The second kappa shape index (κ2) is 9.07. The fraction of sp³-hybridized carbons (Fsp3) is 0.176. The van der Waals surface area contributed by atoms with Crippen molar-refractivity contribution in [3.05, 3.63) is 59.1 Å². The van der Waals surface area contributed by atoms with Crippen LogP contribution in [-0.4, -0.2) is 32.2 Å². The molecule has 0 aliphatic carbocycles. The van der Waals surface area contributed by atoms with Crippen LogP contribution in [0.5, 0.6) is 0 Å². The number of benzene rings is 2. The van der Waals surface area contributed by atoms with Gasteiger partial charge in [-0.1, -0.05) is 11.6 Å². The van der Waals surface area contributed by atoms with Gasteiger partial charge in [-0.25, -0.2) is 8.42 Å². The number of rotatable bonds is 6. The Bertz CT molecular complexity index is 882. The molecule has 2 aromatic rings. The van der Waals surface area contributed by atoms with Crippen LogP contribution in [0, 0.1) is 0 Å². The van der Waals surface area contributed by atoms with Crippen molar-refractivity contribution in [1.29, 1.82) is 0 Å². The highest BCUT2D eigenvalue weighted by atomic mass is 35.5. The van der Waals surface area contributed by atoms with Crippen molar-refractivity contribution in [3.8, 4) is 0 Å². The minimum Gasteiger partial charge on any atom is -0.273 e. The third-order valence-electron chi connectivity index (χ3n) is 3.27. The number of halogens is 1. The molecule has 0 fully saturated rings. The summed E-state index contributed by atoms with van der Waals surface area (Å²) in [5.41, 5.74) is 4.87. The Morgan fingerprint density at radius 1 is 1.00 bits per heavy atom. The Hall–Kier alpha value is -2.03. The van der Waals surface area contributed by atoms with Gasteiger partial charge in [0.15, 0.2) is 9.84 Å². The molecule has 138 valence electrons. The van der Waals surface area contributed by atoms with Crippen molar-refractivity contribution in [2.45, 2.75) is 16.2 Å². The molecule has 2 N–H and O–H groups in total. The maximum Gasteiger partial charge on any atom is 0.269 e. The van der Waals surface area contributed by atoms with Gasteiger partial charge in [0.2, 0.25) is 5.91 Å². The van der Waals surface area contributed by atoms with E-state index in [1.54, 1.807) is 12.1 Å². The third kappa shape index (κ3) is 6.36. The second-order valence-corrected chi connectivity index (χ2v) is 8.97. The van der Waals surface area contributed by atoms with Crippen LogP contribution in [-0.2, 0) is 14.6 Å². The summed E-state index contributed by atoms with van der Waals surface area (Å²) in [7, 11) is -3.32. The average molecular weight is 413 g/mol. The fourth-order valence-corrected chi connectivity index (χ4v) is 3.52. The molecular weight excluding hydrogens is 396 g/mol. The van der Waals surface area contributed by atoms with E-state index in [-0.39, 0.29) is 22.8 Å². The number of hydrazine groups is 1. The van der Waals surface area contributed by atoms with E-state index >= 15 is 0 Å². The monoisotopic (exact) mass is 412 g/mol. The number of thioether (sulfide) groups is 1. The maximum atomic E-state index is 11.9. The quantitative estimate of drug-likeness (QED) is 0.562. The van der Waals surface area contributed by atoms with Crippen LogP contribution in [0.1, 0.15) is 16.8 Å². The molecule has 9 heteroatoms. The van der Waals surface area contributed by atoms with Crippen LogP contribution < -0.4 is 10.9 Å². The number of sulfone groups is 1. The number of amides is 2. The van der Waals surface area contributed by atoms with Gasteiger partial charge in [0.1, 0.15) is 0 Å². The molecule has 2 aromatic carbocycles. The average Bonchev–Trinajstić information content (AvgIpc) is 2.61. The molecule has 0 atom stereocenters. The summed E-state index contributed by atoms with van der Waals surface area (Å²) in [6.07, 6.45) is 1.31. The smallest absolute Gasteiger partial charge is 0.269 e. The molecule has 26 heavy (non-hydrogen) atoms. The molecule has 0 saturated heterocycles. The highest BCUT2D eigenvalue weighted by Gasteiger charge is 2.10.